The molecule has 2 N–H and O–H groups in total. The van der Waals surface area contributed by atoms with Crippen molar-refractivity contribution in [3.8, 4) is 11.5 Å². The molecule has 2 aromatic carbocycles. The molecule has 6 heteroatoms. The summed E-state index contributed by atoms with van der Waals surface area (Å²) < 4.78 is 12.5. The van der Waals surface area contributed by atoms with Gasteiger partial charge < -0.3 is 20.1 Å². The third-order valence-electron chi connectivity index (χ3n) is 4.08. The second kappa shape index (κ2) is 7.22. The summed E-state index contributed by atoms with van der Waals surface area (Å²) in [5, 5.41) is 7.23. The Morgan fingerprint density at radius 2 is 1.96 bits per heavy atom. The zero-order valence-corrected chi connectivity index (χ0v) is 16.8. The van der Waals surface area contributed by atoms with Crippen LogP contribution in [0.25, 0.3) is 0 Å². The summed E-state index contributed by atoms with van der Waals surface area (Å²) in [6.45, 7) is 4.17. The third kappa shape index (κ3) is 4.44. The molecular formula is C19H21BrN2O2S. The molecule has 132 valence electrons. The van der Waals surface area contributed by atoms with Crippen molar-refractivity contribution in [2.75, 3.05) is 12.4 Å². The molecule has 0 aromatic heterocycles. The van der Waals surface area contributed by atoms with Gasteiger partial charge in [-0.25, -0.2) is 0 Å². The molecule has 25 heavy (non-hydrogen) atoms. The van der Waals surface area contributed by atoms with Crippen LogP contribution < -0.4 is 20.1 Å². The number of thiocarbonyl (C=S) groups is 1. The third-order valence-corrected chi connectivity index (χ3v) is 4.83. The SMILES string of the molecule is COc1ccc2c(c1)C(NC(=S)Nc1ccc(Br)cc1)CC(C)(C)O2. The van der Waals surface area contributed by atoms with Crippen LogP contribution in [-0.4, -0.2) is 17.8 Å². The van der Waals surface area contributed by atoms with Crippen LogP contribution in [0.3, 0.4) is 0 Å². The first-order valence-corrected chi connectivity index (χ1v) is 9.26. The number of benzene rings is 2. The van der Waals surface area contributed by atoms with Crippen molar-refractivity contribution in [1.82, 2.24) is 5.32 Å². The summed E-state index contributed by atoms with van der Waals surface area (Å²) in [4.78, 5) is 0. The number of halogens is 1. The molecule has 0 amide bonds. The molecule has 2 aromatic rings. The van der Waals surface area contributed by atoms with Crippen LogP contribution in [0.4, 0.5) is 5.69 Å². The number of nitrogens with one attached hydrogen (secondary N) is 2. The van der Waals surface area contributed by atoms with E-state index in [4.69, 9.17) is 21.7 Å². The minimum atomic E-state index is -0.271. The normalized spacial score (nSPS) is 17.8. The molecule has 0 radical (unpaired) electrons. The van der Waals surface area contributed by atoms with Gasteiger partial charge in [-0.15, -0.1) is 0 Å². The lowest BCUT2D eigenvalue weighted by Gasteiger charge is -2.38. The quantitative estimate of drug-likeness (QED) is 0.680. The highest BCUT2D eigenvalue weighted by Crippen LogP contribution is 2.41. The Kier molecular flexibility index (Phi) is 5.20. The van der Waals surface area contributed by atoms with Crippen LogP contribution >= 0.6 is 28.1 Å². The van der Waals surface area contributed by atoms with E-state index in [2.05, 4.69) is 40.4 Å². The predicted octanol–water partition coefficient (Wildman–Crippen LogP) is 5.05. The summed E-state index contributed by atoms with van der Waals surface area (Å²) in [5.41, 5.74) is 1.73. The van der Waals surface area contributed by atoms with Gasteiger partial charge in [0, 0.05) is 22.1 Å². The Balaban J connectivity index is 1.79. The van der Waals surface area contributed by atoms with Crippen LogP contribution in [0.5, 0.6) is 11.5 Å². The van der Waals surface area contributed by atoms with Gasteiger partial charge in [-0.1, -0.05) is 15.9 Å². The highest BCUT2D eigenvalue weighted by molar-refractivity contribution is 9.10. The fraction of sp³-hybridized carbons (Fsp3) is 0.316. The van der Waals surface area contributed by atoms with Crippen molar-refractivity contribution < 1.29 is 9.47 Å². The van der Waals surface area contributed by atoms with Crippen LogP contribution in [0.15, 0.2) is 46.9 Å². The van der Waals surface area contributed by atoms with Crippen LogP contribution in [0.2, 0.25) is 0 Å². The van der Waals surface area contributed by atoms with Gasteiger partial charge >= 0.3 is 0 Å². The minimum Gasteiger partial charge on any atom is -0.497 e. The largest absolute Gasteiger partial charge is 0.497 e. The average molecular weight is 421 g/mol. The molecule has 4 nitrogen and oxygen atoms in total. The monoisotopic (exact) mass is 420 g/mol. The van der Waals surface area contributed by atoms with E-state index < -0.39 is 0 Å². The number of hydrogen-bond acceptors (Lipinski definition) is 3. The Hall–Kier alpha value is -1.79. The minimum absolute atomic E-state index is 0.0456. The molecule has 1 aliphatic rings. The molecule has 1 aliphatic heterocycles. The van der Waals surface area contributed by atoms with E-state index in [0.29, 0.717) is 5.11 Å². The van der Waals surface area contributed by atoms with Crippen molar-refractivity contribution in [3.63, 3.8) is 0 Å². The Labute approximate surface area is 162 Å². The van der Waals surface area contributed by atoms with Gasteiger partial charge in [0.25, 0.3) is 0 Å². The smallest absolute Gasteiger partial charge is 0.171 e. The van der Waals surface area contributed by atoms with E-state index in [1.165, 1.54) is 0 Å². The maximum atomic E-state index is 6.10. The number of methoxy groups -OCH3 is 1. The molecule has 1 unspecified atom stereocenters. The average Bonchev–Trinajstić information content (AvgIpc) is 2.55. The second-order valence-corrected chi connectivity index (χ2v) is 7.95. The number of ether oxygens (including phenoxy) is 2. The molecule has 0 saturated carbocycles. The lowest BCUT2D eigenvalue weighted by molar-refractivity contribution is 0.0695. The van der Waals surface area contributed by atoms with Crippen LogP contribution in [-0.2, 0) is 0 Å². The summed E-state index contributed by atoms with van der Waals surface area (Å²) in [7, 11) is 1.66. The first-order valence-electron chi connectivity index (χ1n) is 8.06. The zero-order chi connectivity index (χ0) is 18.0. The topological polar surface area (TPSA) is 42.5 Å². The first-order chi connectivity index (χ1) is 11.9. The molecule has 1 heterocycles. The maximum absolute atomic E-state index is 6.10. The van der Waals surface area contributed by atoms with Crippen molar-refractivity contribution >= 4 is 38.9 Å². The van der Waals surface area contributed by atoms with Gasteiger partial charge in [0.2, 0.25) is 0 Å². The Bertz CT molecular complexity index is 777. The standard InChI is InChI=1S/C19H21BrN2O2S/c1-19(2)11-16(15-10-14(23-3)8-9-17(15)24-19)22-18(25)21-13-6-4-12(20)5-7-13/h4-10,16H,11H2,1-3H3,(H2,21,22,25). The molecule has 3 rings (SSSR count). The molecule has 0 spiro atoms. The van der Waals surface area contributed by atoms with Gasteiger partial charge in [0.15, 0.2) is 5.11 Å². The van der Waals surface area contributed by atoms with Crippen molar-refractivity contribution in [1.29, 1.82) is 0 Å². The number of rotatable bonds is 3. The van der Waals surface area contributed by atoms with Crippen molar-refractivity contribution in [2.24, 2.45) is 0 Å². The summed E-state index contributed by atoms with van der Waals surface area (Å²) >= 11 is 8.94. The van der Waals surface area contributed by atoms with Crippen LogP contribution in [0.1, 0.15) is 31.9 Å². The maximum Gasteiger partial charge on any atom is 0.171 e. The second-order valence-electron chi connectivity index (χ2n) is 6.63. The number of hydrogen-bond donors (Lipinski definition) is 2. The van der Waals surface area contributed by atoms with Crippen molar-refractivity contribution in [2.45, 2.75) is 31.9 Å². The number of fused-ring (bicyclic) bond motifs is 1. The number of anilines is 1. The molecule has 0 saturated heterocycles. The van der Waals surface area contributed by atoms with E-state index in [1.807, 2.05) is 42.5 Å². The van der Waals surface area contributed by atoms with E-state index >= 15 is 0 Å². The first kappa shape index (κ1) is 18.0. The van der Waals surface area contributed by atoms with E-state index in [9.17, 15) is 0 Å². The van der Waals surface area contributed by atoms with E-state index in [0.717, 1.165) is 33.6 Å². The van der Waals surface area contributed by atoms with Gasteiger partial charge in [0.05, 0.1) is 13.2 Å². The summed E-state index contributed by atoms with van der Waals surface area (Å²) in [5.74, 6) is 1.67. The zero-order valence-electron chi connectivity index (χ0n) is 14.4. The van der Waals surface area contributed by atoms with E-state index in [-0.39, 0.29) is 11.6 Å². The lowest BCUT2D eigenvalue weighted by Crippen LogP contribution is -2.42. The molecular weight excluding hydrogens is 400 g/mol. The van der Waals surface area contributed by atoms with Gasteiger partial charge in [-0.3, -0.25) is 0 Å². The lowest BCUT2D eigenvalue weighted by atomic mass is 9.89. The molecule has 0 fully saturated rings. The molecule has 0 aliphatic carbocycles. The van der Waals surface area contributed by atoms with Gasteiger partial charge in [0.1, 0.15) is 17.1 Å². The van der Waals surface area contributed by atoms with Crippen molar-refractivity contribution in [3.05, 3.63) is 52.5 Å². The Morgan fingerprint density at radius 3 is 2.64 bits per heavy atom. The predicted molar refractivity (Wildman–Crippen MR) is 109 cm³/mol. The van der Waals surface area contributed by atoms with E-state index in [1.54, 1.807) is 7.11 Å². The highest BCUT2D eigenvalue weighted by Gasteiger charge is 2.34. The van der Waals surface area contributed by atoms with Crippen LogP contribution in [0, 0.1) is 0 Å². The fourth-order valence-corrected chi connectivity index (χ4v) is 3.47. The van der Waals surface area contributed by atoms with Gasteiger partial charge in [-0.05, 0) is 68.5 Å². The fourth-order valence-electron chi connectivity index (χ4n) is 2.95. The molecule has 1 atom stereocenters. The molecule has 0 bridgehead atoms. The summed E-state index contributed by atoms with van der Waals surface area (Å²) in [6, 6.07) is 13.8. The highest BCUT2D eigenvalue weighted by atomic mass is 79.9. The summed E-state index contributed by atoms with van der Waals surface area (Å²) in [6.07, 6.45) is 0.801. The van der Waals surface area contributed by atoms with Gasteiger partial charge in [-0.2, -0.15) is 0 Å². The Morgan fingerprint density at radius 1 is 1.24 bits per heavy atom.